The maximum atomic E-state index is 12.2. The normalized spacial score (nSPS) is 17.6. The summed E-state index contributed by atoms with van der Waals surface area (Å²) in [5.74, 6) is -0.546. The molecule has 2 aliphatic rings. The molecule has 0 aromatic heterocycles. The van der Waals surface area contributed by atoms with Crippen LogP contribution in [0.3, 0.4) is 0 Å². The minimum atomic E-state index is -0.984. The van der Waals surface area contributed by atoms with Crippen LogP contribution >= 0.6 is 11.9 Å². The topological polar surface area (TPSA) is 78.5 Å². The van der Waals surface area contributed by atoms with Gasteiger partial charge in [0.25, 0.3) is 0 Å². The monoisotopic (exact) mass is 325 g/mol. The summed E-state index contributed by atoms with van der Waals surface area (Å²) in [6, 6.07) is 12.8. The number of amides is 2. The molecule has 1 unspecified atom stereocenters. The number of nitrogens with one attached hydrogen (secondary N) is 2. The lowest BCUT2D eigenvalue weighted by molar-refractivity contribution is 0.0881. The second-order valence-corrected chi connectivity index (χ2v) is 6.07. The van der Waals surface area contributed by atoms with Crippen molar-refractivity contribution < 1.29 is 14.4 Å². The van der Waals surface area contributed by atoms with Crippen LogP contribution in [0.1, 0.15) is 20.7 Å². The molecule has 114 valence electrons. The molecule has 2 aromatic rings. The fraction of sp³-hybridized carbons (Fsp3) is 0.0625. The van der Waals surface area contributed by atoms with Gasteiger partial charge in [-0.25, -0.2) is 10.2 Å². The number of hydrogen-bond donors (Lipinski definition) is 2. The maximum Gasteiger partial charge on any atom is 0.343 e. The van der Waals surface area contributed by atoms with Crippen molar-refractivity contribution >= 4 is 35.2 Å². The van der Waals surface area contributed by atoms with Gasteiger partial charge in [0.1, 0.15) is 0 Å². The van der Waals surface area contributed by atoms with Gasteiger partial charge in [-0.1, -0.05) is 18.2 Å². The SMILES string of the molecule is O=C(NSc1ccccc1)NN1c2ccc3c(c2)C(=O)C1C3=O. The number of nitrogens with zero attached hydrogens (tertiary/aromatic N) is 1. The molecule has 6 nitrogen and oxygen atoms in total. The van der Waals surface area contributed by atoms with Crippen molar-refractivity contribution in [2.45, 2.75) is 10.9 Å². The fourth-order valence-electron chi connectivity index (χ4n) is 2.75. The lowest BCUT2D eigenvalue weighted by Crippen LogP contribution is -2.55. The van der Waals surface area contributed by atoms with Crippen LogP contribution in [0, 0.1) is 0 Å². The zero-order chi connectivity index (χ0) is 16.0. The van der Waals surface area contributed by atoms with Gasteiger partial charge >= 0.3 is 6.03 Å². The number of benzene rings is 2. The molecular weight excluding hydrogens is 314 g/mol. The first kappa shape index (κ1) is 13.8. The third kappa shape index (κ3) is 2.17. The molecule has 0 spiro atoms. The average molecular weight is 325 g/mol. The maximum absolute atomic E-state index is 12.2. The lowest BCUT2D eigenvalue weighted by Gasteiger charge is -2.30. The highest BCUT2D eigenvalue weighted by Gasteiger charge is 2.47. The van der Waals surface area contributed by atoms with Gasteiger partial charge in [0, 0.05) is 16.0 Å². The predicted molar refractivity (Wildman–Crippen MR) is 85.3 cm³/mol. The molecule has 3 bridgehead atoms. The molecule has 2 N–H and O–H groups in total. The van der Waals surface area contributed by atoms with Gasteiger partial charge in [0.2, 0.25) is 0 Å². The van der Waals surface area contributed by atoms with E-state index in [1.165, 1.54) is 5.01 Å². The fourth-order valence-corrected chi connectivity index (χ4v) is 3.30. The second kappa shape index (κ2) is 5.13. The molecule has 4 rings (SSSR count). The summed E-state index contributed by atoms with van der Waals surface area (Å²) in [6.45, 7) is 0. The van der Waals surface area contributed by atoms with Gasteiger partial charge in [-0.2, -0.15) is 0 Å². The van der Waals surface area contributed by atoms with Gasteiger partial charge in [0.15, 0.2) is 17.6 Å². The smallest absolute Gasteiger partial charge is 0.291 e. The number of rotatable bonds is 3. The van der Waals surface area contributed by atoms with Crippen LogP contribution in [0.2, 0.25) is 0 Å². The van der Waals surface area contributed by atoms with E-state index in [2.05, 4.69) is 10.1 Å². The number of carbonyl (C=O) groups excluding carboxylic acids is 3. The largest absolute Gasteiger partial charge is 0.343 e. The molecule has 1 aliphatic heterocycles. The lowest BCUT2D eigenvalue weighted by atomic mass is 10.1. The Bertz CT molecular complexity index is 830. The Kier molecular flexibility index (Phi) is 3.09. The van der Waals surface area contributed by atoms with Gasteiger partial charge in [-0.15, -0.1) is 0 Å². The first-order chi connectivity index (χ1) is 11.1. The standard InChI is InChI=1S/C16H11N3O3S/c20-14-11-7-6-9-8-12(11)15(21)13(14)19(9)17-16(22)18-23-10-4-2-1-3-5-10/h1-8,13H,(H2,17,18,22). The molecule has 0 saturated heterocycles. The quantitative estimate of drug-likeness (QED) is 0.668. The Morgan fingerprint density at radius 3 is 2.52 bits per heavy atom. The average Bonchev–Trinajstić information content (AvgIpc) is 2.68. The highest BCUT2D eigenvalue weighted by atomic mass is 32.2. The van der Waals surface area contributed by atoms with E-state index in [0.29, 0.717) is 16.8 Å². The summed E-state index contributed by atoms with van der Waals surface area (Å²) < 4.78 is 2.63. The van der Waals surface area contributed by atoms with Crippen molar-refractivity contribution in [2.24, 2.45) is 0 Å². The first-order valence-electron chi connectivity index (χ1n) is 6.95. The summed E-state index contributed by atoms with van der Waals surface area (Å²) in [6.07, 6.45) is 0. The Balaban J connectivity index is 1.49. The van der Waals surface area contributed by atoms with Crippen molar-refractivity contribution in [3.63, 3.8) is 0 Å². The predicted octanol–water partition coefficient (Wildman–Crippen LogP) is 2.18. The van der Waals surface area contributed by atoms with Crippen molar-refractivity contribution in [2.75, 3.05) is 5.01 Å². The number of hydrogen-bond acceptors (Lipinski definition) is 5. The minimum absolute atomic E-state index is 0.269. The van der Waals surface area contributed by atoms with E-state index in [1.807, 2.05) is 30.3 Å². The van der Waals surface area contributed by atoms with Crippen LogP contribution in [0.25, 0.3) is 0 Å². The van der Waals surface area contributed by atoms with E-state index < -0.39 is 12.1 Å². The van der Waals surface area contributed by atoms with Gasteiger partial charge in [-0.05, 0) is 42.3 Å². The van der Waals surface area contributed by atoms with E-state index in [-0.39, 0.29) is 11.6 Å². The molecule has 2 aromatic carbocycles. The van der Waals surface area contributed by atoms with E-state index in [4.69, 9.17) is 0 Å². The highest BCUT2D eigenvalue weighted by Crippen LogP contribution is 2.35. The van der Waals surface area contributed by atoms with Crippen LogP contribution in [-0.2, 0) is 0 Å². The van der Waals surface area contributed by atoms with E-state index in [0.717, 1.165) is 16.8 Å². The molecule has 1 atom stereocenters. The summed E-state index contributed by atoms with van der Waals surface area (Å²) in [5.41, 5.74) is 4.07. The van der Waals surface area contributed by atoms with Crippen molar-refractivity contribution in [1.82, 2.24) is 10.1 Å². The zero-order valence-corrected chi connectivity index (χ0v) is 12.6. The number of ketones is 2. The van der Waals surface area contributed by atoms with Crippen LogP contribution in [-0.4, -0.2) is 23.6 Å². The molecule has 1 aliphatic carbocycles. The molecule has 1 heterocycles. The molecule has 7 heteroatoms. The molecule has 0 fully saturated rings. The number of urea groups is 1. The van der Waals surface area contributed by atoms with Crippen LogP contribution in [0.15, 0.2) is 53.4 Å². The third-order valence-electron chi connectivity index (χ3n) is 3.79. The number of carbonyl (C=O) groups is 3. The van der Waals surface area contributed by atoms with Gasteiger partial charge in [0.05, 0.1) is 5.69 Å². The Morgan fingerprint density at radius 1 is 1.00 bits per heavy atom. The Morgan fingerprint density at radius 2 is 1.74 bits per heavy atom. The molecule has 23 heavy (non-hydrogen) atoms. The molecule has 2 amide bonds. The number of Topliss-reactive ketones (excluding diaryl/α,β-unsaturated/α-hetero) is 2. The van der Waals surface area contributed by atoms with E-state index in [1.54, 1.807) is 18.2 Å². The zero-order valence-electron chi connectivity index (χ0n) is 11.8. The van der Waals surface area contributed by atoms with Crippen LogP contribution in [0.4, 0.5) is 10.5 Å². The van der Waals surface area contributed by atoms with Crippen molar-refractivity contribution in [3.8, 4) is 0 Å². The first-order valence-corrected chi connectivity index (χ1v) is 7.77. The number of fused-ring (bicyclic) bond motifs is 2. The molecule has 0 radical (unpaired) electrons. The summed E-state index contributed by atoms with van der Waals surface area (Å²) in [4.78, 5) is 37.4. The molecule has 0 saturated carbocycles. The molecular formula is C16H11N3O3S. The second-order valence-electron chi connectivity index (χ2n) is 5.19. The minimum Gasteiger partial charge on any atom is -0.291 e. The van der Waals surface area contributed by atoms with Crippen molar-refractivity contribution in [1.29, 1.82) is 0 Å². The summed E-state index contributed by atoms with van der Waals surface area (Å²) in [7, 11) is 0. The van der Waals surface area contributed by atoms with Crippen molar-refractivity contribution in [3.05, 3.63) is 59.7 Å². The van der Waals surface area contributed by atoms with Crippen LogP contribution < -0.4 is 15.2 Å². The number of hydrazine groups is 1. The highest BCUT2D eigenvalue weighted by molar-refractivity contribution is 7.98. The van der Waals surface area contributed by atoms with E-state index in [9.17, 15) is 14.4 Å². The summed E-state index contributed by atoms with van der Waals surface area (Å²) in [5, 5.41) is 1.32. The Labute approximate surface area is 136 Å². The van der Waals surface area contributed by atoms with Crippen LogP contribution in [0.5, 0.6) is 0 Å². The number of anilines is 1. The Hall–Kier alpha value is -2.80. The summed E-state index contributed by atoms with van der Waals surface area (Å²) >= 11 is 1.15. The van der Waals surface area contributed by atoms with Gasteiger partial charge < -0.3 is 0 Å². The van der Waals surface area contributed by atoms with E-state index >= 15 is 0 Å². The third-order valence-corrected chi connectivity index (χ3v) is 4.59. The van der Waals surface area contributed by atoms with Gasteiger partial charge in [-0.3, -0.25) is 19.3 Å².